The number of carboxylic acids is 1. The fourth-order valence-electron chi connectivity index (χ4n) is 1.85. The van der Waals surface area contributed by atoms with Gasteiger partial charge in [0.2, 0.25) is 11.8 Å². The first-order valence-corrected chi connectivity index (χ1v) is 6.05. The minimum Gasteiger partial charge on any atom is -0.477 e. The predicted octanol–water partition coefficient (Wildman–Crippen LogP) is 0.924. The van der Waals surface area contributed by atoms with Crippen molar-refractivity contribution in [3.63, 3.8) is 0 Å². The highest BCUT2D eigenvalue weighted by atomic mass is 16.4. The lowest BCUT2D eigenvalue weighted by molar-refractivity contribution is -0.116. The first-order valence-electron chi connectivity index (χ1n) is 6.05. The van der Waals surface area contributed by atoms with Gasteiger partial charge in [0.1, 0.15) is 12.2 Å². The Morgan fingerprint density at radius 3 is 2.62 bits per heavy atom. The predicted molar refractivity (Wildman–Crippen MR) is 75.0 cm³/mol. The molecule has 2 rings (SSSR count). The average molecular weight is 287 g/mol. The third kappa shape index (κ3) is 3.47. The lowest BCUT2D eigenvalue weighted by Crippen LogP contribution is -2.21. The van der Waals surface area contributed by atoms with E-state index < -0.39 is 17.8 Å². The van der Waals surface area contributed by atoms with E-state index in [4.69, 9.17) is 10.8 Å². The summed E-state index contributed by atoms with van der Waals surface area (Å²) in [4.78, 5) is 33.9. The van der Waals surface area contributed by atoms with E-state index in [1.807, 2.05) is 0 Å². The molecule has 2 aromatic rings. The number of anilines is 1. The normalized spacial score (nSPS) is 10.1. The number of aromatic nitrogens is 1. The van der Waals surface area contributed by atoms with Crippen LogP contribution in [0.5, 0.6) is 0 Å². The zero-order chi connectivity index (χ0) is 15.4. The molecule has 0 bridgehead atoms. The third-order valence-corrected chi connectivity index (χ3v) is 2.79. The Labute approximate surface area is 120 Å². The van der Waals surface area contributed by atoms with Crippen molar-refractivity contribution in [1.29, 1.82) is 0 Å². The van der Waals surface area contributed by atoms with Crippen LogP contribution >= 0.6 is 0 Å². The Hall–Kier alpha value is -3.09. The average Bonchev–Trinajstić information content (AvgIpc) is 2.87. The van der Waals surface area contributed by atoms with E-state index in [-0.39, 0.29) is 17.8 Å². The van der Waals surface area contributed by atoms with Crippen LogP contribution in [0.2, 0.25) is 0 Å². The highest BCUT2D eigenvalue weighted by molar-refractivity contribution is 5.96. The maximum absolute atomic E-state index is 11.9. The first-order chi connectivity index (χ1) is 9.97. The van der Waals surface area contributed by atoms with Crippen molar-refractivity contribution < 1.29 is 19.5 Å². The summed E-state index contributed by atoms with van der Waals surface area (Å²) in [5.74, 6) is -2.11. The van der Waals surface area contributed by atoms with Gasteiger partial charge in [-0.25, -0.2) is 4.79 Å². The van der Waals surface area contributed by atoms with Crippen molar-refractivity contribution in [2.45, 2.75) is 6.54 Å². The summed E-state index contributed by atoms with van der Waals surface area (Å²) in [5, 5.41) is 11.5. The summed E-state index contributed by atoms with van der Waals surface area (Å²) < 4.78 is 1.32. The van der Waals surface area contributed by atoms with Gasteiger partial charge in [-0.1, -0.05) is 6.07 Å². The molecule has 0 saturated heterocycles. The third-order valence-electron chi connectivity index (χ3n) is 2.79. The maximum atomic E-state index is 11.9. The van der Waals surface area contributed by atoms with Gasteiger partial charge in [-0.3, -0.25) is 9.59 Å². The molecule has 7 heteroatoms. The highest BCUT2D eigenvalue weighted by Gasteiger charge is 2.12. The van der Waals surface area contributed by atoms with E-state index in [2.05, 4.69) is 5.32 Å². The van der Waals surface area contributed by atoms with E-state index in [0.29, 0.717) is 5.69 Å². The lowest BCUT2D eigenvalue weighted by Gasteiger charge is -2.08. The van der Waals surface area contributed by atoms with Crippen LogP contribution in [0.15, 0.2) is 42.6 Å². The summed E-state index contributed by atoms with van der Waals surface area (Å²) >= 11 is 0. The summed E-state index contributed by atoms with van der Waals surface area (Å²) in [6.45, 7) is -0.143. The van der Waals surface area contributed by atoms with Crippen LogP contribution in [-0.2, 0) is 11.3 Å². The van der Waals surface area contributed by atoms with Crippen molar-refractivity contribution in [1.82, 2.24) is 4.57 Å². The number of hydrogen-bond donors (Lipinski definition) is 3. The van der Waals surface area contributed by atoms with Gasteiger partial charge in [-0.2, -0.15) is 0 Å². The van der Waals surface area contributed by atoms with Gasteiger partial charge in [0, 0.05) is 17.4 Å². The van der Waals surface area contributed by atoms with Crippen molar-refractivity contribution in [3.05, 3.63) is 53.9 Å². The number of carbonyl (C=O) groups excluding carboxylic acids is 2. The van der Waals surface area contributed by atoms with Crippen LogP contribution in [0, 0.1) is 0 Å². The minimum atomic E-state index is -1.11. The second-order valence-corrected chi connectivity index (χ2v) is 4.32. The lowest BCUT2D eigenvalue weighted by atomic mass is 10.2. The molecule has 1 aromatic carbocycles. The smallest absolute Gasteiger partial charge is 0.352 e. The van der Waals surface area contributed by atoms with Gasteiger partial charge >= 0.3 is 5.97 Å². The van der Waals surface area contributed by atoms with Crippen LogP contribution in [0.4, 0.5) is 5.69 Å². The molecule has 0 aliphatic rings. The fraction of sp³-hybridized carbons (Fsp3) is 0.0714. The van der Waals surface area contributed by atoms with Crippen molar-refractivity contribution >= 4 is 23.5 Å². The van der Waals surface area contributed by atoms with Crippen molar-refractivity contribution in [2.75, 3.05) is 5.32 Å². The van der Waals surface area contributed by atoms with Gasteiger partial charge in [-0.15, -0.1) is 0 Å². The van der Waals surface area contributed by atoms with Crippen molar-refractivity contribution in [2.24, 2.45) is 5.73 Å². The van der Waals surface area contributed by atoms with Gasteiger partial charge in [0.15, 0.2) is 0 Å². The molecule has 1 heterocycles. The zero-order valence-electron chi connectivity index (χ0n) is 10.9. The molecular formula is C14H13N3O4. The molecule has 2 amide bonds. The monoisotopic (exact) mass is 287 g/mol. The highest BCUT2D eigenvalue weighted by Crippen LogP contribution is 2.11. The molecule has 0 atom stereocenters. The number of amides is 2. The number of nitrogens with one attached hydrogen (secondary N) is 1. The molecule has 0 unspecified atom stereocenters. The number of primary amides is 1. The molecular weight excluding hydrogens is 274 g/mol. The molecule has 0 saturated carbocycles. The van der Waals surface area contributed by atoms with Crippen LogP contribution < -0.4 is 11.1 Å². The number of aromatic carboxylic acids is 1. The van der Waals surface area contributed by atoms with E-state index in [1.54, 1.807) is 18.2 Å². The number of nitrogens with zero attached hydrogens (tertiary/aromatic N) is 1. The van der Waals surface area contributed by atoms with Gasteiger partial charge in [0.05, 0.1) is 0 Å². The summed E-state index contributed by atoms with van der Waals surface area (Å²) in [7, 11) is 0. The minimum absolute atomic E-state index is 0.0241. The van der Waals surface area contributed by atoms with Crippen LogP contribution in [-0.4, -0.2) is 27.5 Å². The molecule has 4 N–H and O–H groups in total. The molecule has 108 valence electrons. The Kier molecular flexibility index (Phi) is 4.03. The fourth-order valence-corrected chi connectivity index (χ4v) is 1.85. The molecule has 21 heavy (non-hydrogen) atoms. The number of benzene rings is 1. The number of rotatable bonds is 5. The SMILES string of the molecule is NC(=O)c1cccc(NC(=O)Cn2cccc2C(=O)O)c1. The summed E-state index contributed by atoms with van der Waals surface area (Å²) in [6.07, 6.45) is 1.50. The molecule has 0 aliphatic heterocycles. The first kappa shape index (κ1) is 14.3. The molecule has 1 aromatic heterocycles. The molecule has 0 fully saturated rings. The standard InChI is InChI=1S/C14H13N3O4/c15-13(19)9-3-1-4-10(7-9)16-12(18)8-17-6-2-5-11(17)14(20)21/h1-7H,8H2,(H2,15,19)(H,16,18)(H,20,21). The zero-order valence-corrected chi connectivity index (χ0v) is 10.9. The molecule has 0 spiro atoms. The van der Waals surface area contributed by atoms with Crippen LogP contribution in [0.3, 0.4) is 0 Å². The largest absolute Gasteiger partial charge is 0.477 e. The maximum Gasteiger partial charge on any atom is 0.352 e. The quantitative estimate of drug-likeness (QED) is 0.758. The van der Waals surface area contributed by atoms with Crippen LogP contribution in [0.25, 0.3) is 0 Å². The van der Waals surface area contributed by atoms with Crippen LogP contribution in [0.1, 0.15) is 20.8 Å². The number of hydrogen-bond acceptors (Lipinski definition) is 3. The molecule has 0 radical (unpaired) electrons. The number of carboxylic acid groups (broad SMARTS) is 1. The molecule has 7 nitrogen and oxygen atoms in total. The van der Waals surface area contributed by atoms with E-state index in [1.165, 1.54) is 29.0 Å². The van der Waals surface area contributed by atoms with Gasteiger partial charge in [0.25, 0.3) is 0 Å². The van der Waals surface area contributed by atoms with E-state index in [0.717, 1.165) is 0 Å². The molecule has 0 aliphatic carbocycles. The Morgan fingerprint density at radius 2 is 1.95 bits per heavy atom. The second kappa shape index (κ2) is 5.91. The Morgan fingerprint density at radius 1 is 1.19 bits per heavy atom. The second-order valence-electron chi connectivity index (χ2n) is 4.32. The Bertz CT molecular complexity index is 706. The van der Waals surface area contributed by atoms with E-state index in [9.17, 15) is 14.4 Å². The van der Waals surface area contributed by atoms with Crippen molar-refractivity contribution in [3.8, 4) is 0 Å². The summed E-state index contributed by atoms with van der Waals surface area (Å²) in [5.41, 5.74) is 5.87. The number of nitrogens with two attached hydrogens (primary N) is 1. The van der Waals surface area contributed by atoms with Gasteiger partial charge in [-0.05, 0) is 30.3 Å². The Balaban J connectivity index is 2.08. The topological polar surface area (TPSA) is 114 Å². The summed E-state index contributed by atoms with van der Waals surface area (Å²) in [6, 6.07) is 9.14. The van der Waals surface area contributed by atoms with Gasteiger partial charge < -0.3 is 20.7 Å². The number of carbonyl (C=O) groups is 3. The van der Waals surface area contributed by atoms with E-state index >= 15 is 0 Å².